The molecule has 4 nitrogen and oxygen atoms in total. The molecule has 0 fully saturated rings. The van der Waals surface area contributed by atoms with Gasteiger partial charge >= 0.3 is 29.6 Å². The third-order valence-electron chi connectivity index (χ3n) is 4.61. The molecular formula is C20H22FN2NaO2. The van der Waals surface area contributed by atoms with E-state index in [0.717, 1.165) is 30.6 Å². The molecule has 0 saturated heterocycles. The number of anilines is 2. The molecule has 0 amide bonds. The molecule has 0 spiro atoms. The van der Waals surface area contributed by atoms with Gasteiger partial charge in [0, 0.05) is 37.5 Å². The summed E-state index contributed by atoms with van der Waals surface area (Å²) in [6, 6.07) is 11.4. The van der Waals surface area contributed by atoms with Crippen molar-refractivity contribution in [2.75, 3.05) is 23.8 Å². The predicted molar refractivity (Wildman–Crippen MR) is 95.1 cm³/mol. The SMILES string of the molecule is CN(Cc1ccc2c(c1)NCCC2)c1ccc(CCC(=O)[O-])c(F)c1.[Na+]. The van der Waals surface area contributed by atoms with Gasteiger partial charge in [-0.2, -0.15) is 0 Å². The van der Waals surface area contributed by atoms with E-state index in [1.54, 1.807) is 6.07 Å². The number of hydrogen-bond donors (Lipinski definition) is 1. The van der Waals surface area contributed by atoms with Crippen molar-refractivity contribution in [2.45, 2.75) is 32.2 Å². The van der Waals surface area contributed by atoms with E-state index in [-0.39, 0.29) is 48.2 Å². The Labute approximate surface area is 175 Å². The molecule has 132 valence electrons. The Morgan fingerprint density at radius 3 is 2.81 bits per heavy atom. The summed E-state index contributed by atoms with van der Waals surface area (Å²) in [5.74, 6) is -1.54. The zero-order valence-electron chi connectivity index (χ0n) is 15.3. The van der Waals surface area contributed by atoms with E-state index < -0.39 is 5.97 Å². The van der Waals surface area contributed by atoms with Crippen molar-refractivity contribution in [1.82, 2.24) is 0 Å². The minimum Gasteiger partial charge on any atom is -0.550 e. The standard InChI is InChI=1S/C20H23FN2O2.Na/c1-23(13-14-4-5-16-3-2-10-22-19(16)11-14)17-8-6-15(18(21)12-17)7-9-20(24)25;/h4-6,8,11-12,22H,2-3,7,9-10,13H2,1H3,(H,24,25);/q;+1/p-1. The molecule has 0 aromatic heterocycles. The van der Waals surface area contributed by atoms with Gasteiger partial charge in [0.05, 0.1) is 0 Å². The molecule has 0 radical (unpaired) electrons. The van der Waals surface area contributed by atoms with Crippen molar-refractivity contribution in [1.29, 1.82) is 0 Å². The van der Waals surface area contributed by atoms with Gasteiger partial charge in [-0.1, -0.05) is 18.2 Å². The van der Waals surface area contributed by atoms with Crippen LogP contribution >= 0.6 is 0 Å². The van der Waals surface area contributed by atoms with Crippen LogP contribution in [-0.2, 0) is 24.2 Å². The van der Waals surface area contributed by atoms with Gasteiger partial charge in [0.25, 0.3) is 0 Å². The van der Waals surface area contributed by atoms with Gasteiger partial charge in [0.1, 0.15) is 5.82 Å². The summed E-state index contributed by atoms with van der Waals surface area (Å²) < 4.78 is 14.2. The summed E-state index contributed by atoms with van der Waals surface area (Å²) in [6.07, 6.45) is 2.25. The quantitative estimate of drug-likeness (QED) is 0.703. The molecule has 1 heterocycles. The molecule has 2 aromatic rings. The maximum absolute atomic E-state index is 14.2. The first-order chi connectivity index (χ1) is 12.0. The molecule has 0 atom stereocenters. The largest absolute Gasteiger partial charge is 1.00 e. The smallest absolute Gasteiger partial charge is 0.550 e. The summed E-state index contributed by atoms with van der Waals surface area (Å²) >= 11 is 0. The van der Waals surface area contributed by atoms with E-state index >= 15 is 0 Å². The van der Waals surface area contributed by atoms with Crippen molar-refractivity contribution >= 4 is 17.3 Å². The van der Waals surface area contributed by atoms with E-state index in [4.69, 9.17) is 0 Å². The molecule has 1 aliphatic rings. The van der Waals surface area contributed by atoms with Gasteiger partial charge < -0.3 is 20.1 Å². The van der Waals surface area contributed by atoms with Crippen molar-refractivity contribution in [3.63, 3.8) is 0 Å². The van der Waals surface area contributed by atoms with Crippen LogP contribution in [0.2, 0.25) is 0 Å². The molecular weight excluding hydrogens is 342 g/mol. The summed E-state index contributed by atoms with van der Waals surface area (Å²) in [5, 5.41) is 13.9. The van der Waals surface area contributed by atoms with Crippen LogP contribution in [0.5, 0.6) is 0 Å². The Morgan fingerprint density at radius 2 is 2.08 bits per heavy atom. The van der Waals surface area contributed by atoms with Crippen LogP contribution in [0.25, 0.3) is 0 Å². The third-order valence-corrected chi connectivity index (χ3v) is 4.61. The number of aryl methyl sites for hydroxylation is 2. The number of carboxylic acids is 1. The van der Waals surface area contributed by atoms with Crippen LogP contribution in [0.4, 0.5) is 15.8 Å². The first kappa shape index (κ1) is 20.7. The zero-order chi connectivity index (χ0) is 17.8. The second kappa shape index (κ2) is 9.40. The maximum Gasteiger partial charge on any atom is 1.00 e. The number of halogens is 1. The van der Waals surface area contributed by atoms with Crippen LogP contribution in [0.3, 0.4) is 0 Å². The Hall–Kier alpha value is -1.56. The predicted octanol–water partition coefficient (Wildman–Crippen LogP) is -0.493. The summed E-state index contributed by atoms with van der Waals surface area (Å²) in [4.78, 5) is 12.5. The van der Waals surface area contributed by atoms with Crippen molar-refractivity contribution < 1.29 is 43.8 Å². The molecule has 0 unspecified atom stereocenters. The Balaban J connectivity index is 0.00000243. The molecule has 0 saturated carbocycles. The van der Waals surface area contributed by atoms with E-state index in [0.29, 0.717) is 12.1 Å². The van der Waals surface area contributed by atoms with Gasteiger partial charge in [-0.3, -0.25) is 0 Å². The molecule has 1 aliphatic heterocycles. The molecule has 0 aliphatic carbocycles. The monoisotopic (exact) mass is 364 g/mol. The average molecular weight is 364 g/mol. The van der Waals surface area contributed by atoms with Gasteiger partial charge in [-0.25, -0.2) is 4.39 Å². The maximum atomic E-state index is 14.2. The number of hydrogen-bond acceptors (Lipinski definition) is 4. The third kappa shape index (κ3) is 5.22. The second-order valence-corrected chi connectivity index (χ2v) is 6.53. The second-order valence-electron chi connectivity index (χ2n) is 6.53. The molecule has 0 bridgehead atoms. The number of fused-ring (bicyclic) bond motifs is 1. The fourth-order valence-electron chi connectivity index (χ4n) is 3.18. The number of carboxylic acid groups (broad SMARTS) is 1. The number of carbonyl (C=O) groups excluding carboxylic acids is 1. The van der Waals surface area contributed by atoms with Gasteiger partial charge in [0.15, 0.2) is 0 Å². The van der Waals surface area contributed by atoms with Crippen LogP contribution < -0.4 is 44.9 Å². The topological polar surface area (TPSA) is 55.4 Å². The number of nitrogens with zero attached hydrogens (tertiary/aromatic N) is 1. The molecule has 3 rings (SSSR count). The van der Waals surface area contributed by atoms with Crippen molar-refractivity contribution in [2.24, 2.45) is 0 Å². The first-order valence-corrected chi connectivity index (χ1v) is 8.58. The Kier molecular flexibility index (Phi) is 7.50. The van der Waals surface area contributed by atoms with Gasteiger partial charge in [-0.05, 0) is 60.6 Å². The van der Waals surface area contributed by atoms with E-state index in [9.17, 15) is 14.3 Å². The minimum atomic E-state index is -1.17. The number of carbonyl (C=O) groups is 1. The van der Waals surface area contributed by atoms with Crippen LogP contribution in [0.15, 0.2) is 36.4 Å². The van der Waals surface area contributed by atoms with Crippen LogP contribution in [-0.4, -0.2) is 19.6 Å². The van der Waals surface area contributed by atoms with E-state index in [2.05, 4.69) is 23.5 Å². The number of benzene rings is 2. The average Bonchev–Trinajstić information content (AvgIpc) is 2.60. The summed E-state index contributed by atoms with van der Waals surface area (Å²) in [7, 11) is 1.92. The number of aliphatic carboxylic acids is 1. The van der Waals surface area contributed by atoms with Gasteiger partial charge in [0.2, 0.25) is 0 Å². The minimum absolute atomic E-state index is 0. The summed E-state index contributed by atoms with van der Waals surface area (Å²) in [5.41, 5.74) is 4.87. The van der Waals surface area contributed by atoms with E-state index in [1.807, 2.05) is 18.0 Å². The fraction of sp³-hybridized carbons (Fsp3) is 0.350. The normalized spacial score (nSPS) is 12.5. The van der Waals surface area contributed by atoms with Crippen LogP contribution in [0.1, 0.15) is 29.5 Å². The number of rotatable bonds is 6. The summed E-state index contributed by atoms with van der Waals surface area (Å²) in [6.45, 7) is 1.68. The Bertz CT molecular complexity index is 782. The van der Waals surface area contributed by atoms with Crippen LogP contribution in [0, 0.1) is 5.82 Å². The van der Waals surface area contributed by atoms with Crippen molar-refractivity contribution in [3.05, 3.63) is 58.9 Å². The fourth-order valence-corrected chi connectivity index (χ4v) is 3.18. The molecule has 6 heteroatoms. The molecule has 1 N–H and O–H groups in total. The van der Waals surface area contributed by atoms with E-state index in [1.165, 1.54) is 17.3 Å². The first-order valence-electron chi connectivity index (χ1n) is 8.58. The number of nitrogens with one attached hydrogen (secondary N) is 1. The molecule has 2 aromatic carbocycles. The van der Waals surface area contributed by atoms with Crippen molar-refractivity contribution in [3.8, 4) is 0 Å². The van der Waals surface area contributed by atoms with Gasteiger partial charge in [-0.15, -0.1) is 0 Å². The Morgan fingerprint density at radius 1 is 1.27 bits per heavy atom. The molecule has 26 heavy (non-hydrogen) atoms. The zero-order valence-corrected chi connectivity index (χ0v) is 17.3.